The first-order chi connectivity index (χ1) is 13.5. The summed E-state index contributed by atoms with van der Waals surface area (Å²) >= 11 is 5.00. The standard InChI is InChI=1S/C22H20BrNO3S/c1-14-9-19(20(25)12-28-18-6-4-17(23)5-7-18)15(2)24(14)11-16-3-8-21-22(10-16)27-13-26-21/h3-10H,11-13H2,1-2H3. The van der Waals surface area contributed by atoms with Crippen LogP contribution in [0.25, 0.3) is 0 Å². The fourth-order valence-electron chi connectivity index (χ4n) is 3.31. The molecule has 144 valence electrons. The molecule has 0 fully saturated rings. The minimum Gasteiger partial charge on any atom is -0.454 e. The fourth-order valence-corrected chi connectivity index (χ4v) is 4.35. The monoisotopic (exact) mass is 457 g/mol. The number of carbonyl (C=O) groups excluding carboxylic acids is 1. The molecule has 4 nitrogen and oxygen atoms in total. The molecule has 3 aromatic rings. The number of rotatable bonds is 6. The first-order valence-corrected chi connectivity index (χ1v) is 10.8. The normalized spacial score (nSPS) is 12.4. The molecule has 0 spiro atoms. The highest BCUT2D eigenvalue weighted by molar-refractivity contribution is 9.10. The van der Waals surface area contributed by atoms with Crippen LogP contribution in [0, 0.1) is 13.8 Å². The van der Waals surface area contributed by atoms with Crippen molar-refractivity contribution < 1.29 is 14.3 Å². The maximum atomic E-state index is 12.8. The average Bonchev–Trinajstić information content (AvgIpc) is 3.26. The molecule has 0 N–H and O–H groups in total. The number of benzene rings is 2. The van der Waals surface area contributed by atoms with Crippen molar-refractivity contribution in [1.29, 1.82) is 0 Å². The molecule has 1 aliphatic rings. The van der Waals surface area contributed by atoms with E-state index in [-0.39, 0.29) is 12.6 Å². The SMILES string of the molecule is Cc1cc(C(=O)CSc2ccc(Br)cc2)c(C)n1Cc1ccc2c(c1)OCO2. The number of nitrogens with zero attached hydrogens (tertiary/aromatic N) is 1. The predicted molar refractivity (Wildman–Crippen MR) is 115 cm³/mol. The van der Waals surface area contributed by atoms with E-state index in [2.05, 4.69) is 20.5 Å². The Morgan fingerprint density at radius 3 is 2.61 bits per heavy atom. The lowest BCUT2D eigenvalue weighted by Crippen LogP contribution is -2.07. The van der Waals surface area contributed by atoms with Gasteiger partial charge in [0.1, 0.15) is 0 Å². The van der Waals surface area contributed by atoms with Crippen LogP contribution in [0.15, 0.2) is 57.9 Å². The highest BCUT2D eigenvalue weighted by Crippen LogP contribution is 2.33. The Balaban J connectivity index is 1.48. The summed E-state index contributed by atoms with van der Waals surface area (Å²) in [5.74, 6) is 2.14. The van der Waals surface area contributed by atoms with E-state index in [0.29, 0.717) is 12.3 Å². The third-order valence-electron chi connectivity index (χ3n) is 4.84. The van der Waals surface area contributed by atoms with Crippen LogP contribution in [0.5, 0.6) is 11.5 Å². The van der Waals surface area contributed by atoms with Gasteiger partial charge >= 0.3 is 0 Å². The van der Waals surface area contributed by atoms with Gasteiger partial charge in [0.05, 0.1) is 5.75 Å². The van der Waals surface area contributed by atoms with Crippen molar-refractivity contribution in [2.75, 3.05) is 12.5 Å². The summed E-state index contributed by atoms with van der Waals surface area (Å²) in [6, 6.07) is 16.0. The van der Waals surface area contributed by atoms with Crippen LogP contribution < -0.4 is 9.47 Å². The molecule has 1 aromatic heterocycles. The molecule has 2 aromatic carbocycles. The van der Waals surface area contributed by atoms with Gasteiger partial charge in [-0.1, -0.05) is 22.0 Å². The van der Waals surface area contributed by atoms with Gasteiger partial charge in [0.25, 0.3) is 0 Å². The molecule has 0 amide bonds. The number of ketones is 1. The summed E-state index contributed by atoms with van der Waals surface area (Å²) in [7, 11) is 0. The van der Waals surface area contributed by atoms with E-state index in [1.54, 1.807) is 11.8 Å². The third-order valence-corrected chi connectivity index (χ3v) is 6.38. The lowest BCUT2D eigenvalue weighted by molar-refractivity contribution is 0.102. The Kier molecular flexibility index (Phi) is 5.51. The molecule has 28 heavy (non-hydrogen) atoms. The van der Waals surface area contributed by atoms with Crippen molar-refractivity contribution in [3.8, 4) is 11.5 Å². The van der Waals surface area contributed by atoms with Crippen LogP contribution in [-0.4, -0.2) is 22.9 Å². The zero-order valence-corrected chi connectivity index (χ0v) is 18.1. The van der Waals surface area contributed by atoms with Crippen molar-refractivity contribution in [3.05, 3.63) is 75.5 Å². The number of hydrogen-bond acceptors (Lipinski definition) is 4. The maximum Gasteiger partial charge on any atom is 0.231 e. The molecule has 0 bridgehead atoms. The number of carbonyl (C=O) groups is 1. The molecule has 0 saturated carbocycles. The van der Waals surface area contributed by atoms with Gasteiger partial charge in [0.2, 0.25) is 6.79 Å². The van der Waals surface area contributed by atoms with Crippen molar-refractivity contribution >= 4 is 33.5 Å². The van der Waals surface area contributed by atoms with Crippen molar-refractivity contribution in [3.63, 3.8) is 0 Å². The zero-order chi connectivity index (χ0) is 19.7. The number of Topliss-reactive ketones (excluding diaryl/α,β-unsaturated/α-hetero) is 1. The van der Waals surface area contributed by atoms with Crippen LogP contribution >= 0.6 is 27.7 Å². The number of hydrogen-bond donors (Lipinski definition) is 0. The van der Waals surface area contributed by atoms with Gasteiger partial charge in [0, 0.05) is 32.9 Å². The van der Waals surface area contributed by atoms with Gasteiger partial charge in [-0.15, -0.1) is 11.8 Å². The lowest BCUT2D eigenvalue weighted by atomic mass is 10.1. The minimum atomic E-state index is 0.151. The first kappa shape index (κ1) is 19.2. The summed E-state index contributed by atoms with van der Waals surface area (Å²) in [5.41, 5.74) is 3.99. The van der Waals surface area contributed by atoms with Gasteiger partial charge in [-0.05, 0) is 61.9 Å². The molecule has 0 radical (unpaired) electrons. The molecule has 0 aliphatic carbocycles. The largest absolute Gasteiger partial charge is 0.454 e. The van der Waals surface area contributed by atoms with E-state index in [1.165, 1.54) is 0 Å². The molecule has 1 aliphatic heterocycles. The molecule has 0 unspecified atom stereocenters. The molecule has 0 saturated heterocycles. The van der Waals surface area contributed by atoms with E-state index in [4.69, 9.17) is 9.47 Å². The molecule has 6 heteroatoms. The smallest absolute Gasteiger partial charge is 0.231 e. The zero-order valence-electron chi connectivity index (χ0n) is 15.7. The second kappa shape index (κ2) is 8.05. The Labute approximate surface area is 177 Å². The van der Waals surface area contributed by atoms with Crippen LogP contribution in [0.1, 0.15) is 27.3 Å². The number of halogens is 1. The van der Waals surface area contributed by atoms with E-state index >= 15 is 0 Å². The molecule has 2 heterocycles. The van der Waals surface area contributed by atoms with Gasteiger partial charge in [-0.25, -0.2) is 0 Å². The Bertz CT molecular complexity index is 1030. The van der Waals surface area contributed by atoms with Crippen LogP contribution in [-0.2, 0) is 6.54 Å². The second-order valence-electron chi connectivity index (χ2n) is 6.72. The predicted octanol–water partition coefficient (Wildman–Crippen LogP) is 5.62. The second-order valence-corrected chi connectivity index (χ2v) is 8.69. The highest BCUT2D eigenvalue weighted by Gasteiger charge is 2.18. The van der Waals surface area contributed by atoms with Gasteiger partial charge in [0.15, 0.2) is 17.3 Å². The van der Waals surface area contributed by atoms with Crippen LogP contribution in [0.3, 0.4) is 0 Å². The van der Waals surface area contributed by atoms with E-state index in [0.717, 1.165) is 43.4 Å². The molecular weight excluding hydrogens is 438 g/mol. The maximum absolute atomic E-state index is 12.8. The molecule has 4 rings (SSSR count). The first-order valence-electron chi connectivity index (χ1n) is 8.98. The Hall–Kier alpha value is -2.18. The van der Waals surface area contributed by atoms with E-state index in [9.17, 15) is 4.79 Å². The van der Waals surface area contributed by atoms with Crippen molar-refractivity contribution in [2.24, 2.45) is 0 Å². The van der Waals surface area contributed by atoms with Gasteiger partial charge in [-0.2, -0.15) is 0 Å². The fraction of sp³-hybridized carbons (Fsp3) is 0.227. The Morgan fingerprint density at radius 2 is 1.82 bits per heavy atom. The van der Waals surface area contributed by atoms with Gasteiger partial charge < -0.3 is 14.0 Å². The summed E-state index contributed by atoms with van der Waals surface area (Å²) in [5, 5.41) is 0. The number of aryl methyl sites for hydroxylation is 1. The number of fused-ring (bicyclic) bond motifs is 1. The number of thioether (sulfide) groups is 1. The highest BCUT2D eigenvalue weighted by atomic mass is 79.9. The van der Waals surface area contributed by atoms with Crippen LogP contribution in [0.2, 0.25) is 0 Å². The lowest BCUT2D eigenvalue weighted by Gasteiger charge is -2.11. The van der Waals surface area contributed by atoms with Crippen LogP contribution in [0.4, 0.5) is 0 Å². The summed E-state index contributed by atoms with van der Waals surface area (Å²) in [6.45, 7) is 5.02. The Morgan fingerprint density at radius 1 is 1.07 bits per heavy atom. The van der Waals surface area contributed by atoms with E-state index < -0.39 is 0 Å². The van der Waals surface area contributed by atoms with Crippen molar-refractivity contribution in [2.45, 2.75) is 25.3 Å². The van der Waals surface area contributed by atoms with Gasteiger partial charge in [-0.3, -0.25) is 4.79 Å². The molecule has 0 atom stereocenters. The van der Waals surface area contributed by atoms with E-state index in [1.807, 2.05) is 62.4 Å². The van der Waals surface area contributed by atoms with Crippen molar-refractivity contribution in [1.82, 2.24) is 4.57 Å². The number of ether oxygens (including phenoxy) is 2. The summed E-state index contributed by atoms with van der Waals surface area (Å²) < 4.78 is 14.1. The average molecular weight is 458 g/mol. The number of aromatic nitrogens is 1. The summed E-state index contributed by atoms with van der Waals surface area (Å²) in [4.78, 5) is 13.9. The quantitative estimate of drug-likeness (QED) is 0.355. The summed E-state index contributed by atoms with van der Waals surface area (Å²) in [6.07, 6.45) is 0. The molecular formula is C22H20BrNO3S. The minimum absolute atomic E-state index is 0.151. The third kappa shape index (κ3) is 3.98. The topological polar surface area (TPSA) is 40.5 Å².